The van der Waals surface area contributed by atoms with E-state index in [4.69, 9.17) is 0 Å². The Hall–Kier alpha value is -1.15. The Labute approximate surface area is 92.9 Å². The van der Waals surface area contributed by atoms with E-state index in [9.17, 15) is 4.79 Å². The van der Waals surface area contributed by atoms with Gasteiger partial charge in [0.1, 0.15) is 0 Å². The van der Waals surface area contributed by atoms with Crippen LogP contribution in [0.5, 0.6) is 0 Å². The van der Waals surface area contributed by atoms with Gasteiger partial charge in [0.25, 0.3) is 0 Å². The van der Waals surface area contributed by atoms with Crippen molar-refractivity contribution in [2.24, 2.45) is 0 Å². The maximum absolute atomic E-state index is 11.2. The second kappa shape index (κ2) is 7.18. The highest BCUT2D eigenvalue weighted by molar-refractivity contribution is 5.95. The molecule has 0 aromatic heterocycles. The van der Waals surface area contributed by atoms with Crippen LogP contribution in [0.1, 0.15) is 36.7 Å². The molecule has 0 saturated carbocycles. The van der Waals surface area contributed by atoms with Crippen LogP contribution in [-0.2, 0) is 6.54 Å². The number of carbonyl (C=O) groups excluding carboxylic acids is 1. The molecule has 0 unspecified atom stereocenters. The van der Waals surface area contributed by atoms with Crippen molar-refractivity contribution in [2.45, 2.75) is 27.3 Å². The first-order valence-corrected chi connectivity index (χ1v) is 5.35. The van der Waals surface area contributed by atoms with E-state index in [0.29, 0.717) is 0 Å². The molecule has 2 heteroatoms. The highest BCUT2D eigenvalue weighted by atomic mass is 16.1. The average Bonchev–Trinajstić information content (AvgIpc) is 2.20. The molecule has 0 fully saturated rings. The highest BCUT2D eigenvalue weighted by Gasteiger charge is 2.05. The van der Waals surface area contributed by atoms with Gasteiger partial charge in [-0.1, -0.05) is 38.1 Å². The van der Waals surface area contributed by atoms with Crippen molar-refractivity contribution in [3.63, 3.8) is 0 Å². The summed E-state index contributed by atoms with van der Waals surface area (Å²) >= 11 is 0. The van der Waals surface area contributed by atoms with Crippen LogP contribution in [0.4, 0.5) is 0 Å². The fraction of sp³-hybridized carbons (Fsp3) is 0.462. The molecule has 84 valence electrons. The monoisotopic (exact) mass is 207 g/mol. The smallest absolute Gasteiger partial charge is 0.160 e. The highest BCUT2D eigenvalue weighted by Crippen LogP contribution is 2.10. The lowest BCUT2D eigenvalue weighted by Gasteiger charge is -2.12. The quantitative estimate of drug-likeness (QED) is 0.710. The molecular weight excluding hydrogens is 186 g/mol. The third kappa shape index (κ3) is 4.75. The first-order chi connectivity index (χ1) is 7.11. The van der Waals surface area contributed by atoms with Gasteiger partial charge >= 0.3 is 0 Å². The van der Waals surface area contributed by atoms with Gasteiger partial charge in [0, 0.05) is 12.1 Å². The van der Waals surface area contributed by atoms with Crippen molar-refractivity contribution < 1.29 is 4.79 Å². The normalized spacial score (nSPS) is 9.47. The maximum atomic E-state index is 11.2. The molecule has 15 heavy (non-hydrogen) atoms. The van der Waals surface area contributed by atoms with Gasteiger partial charge in [0.15, 0.2) is 5.78 Å². The Kier molecular flexibility index (Phi) is 6.63. The minimum Gasteiger partial charge on any atom is -0.305 e. The second-order valence-electron chi connectivity index (χ2n) is 3.45. The van der Waals surface area contributed by atoms with Crippen molar-refractivity contribution in [2.75, 3.05) is 14.1 Å². The van der Waals surface area contributed by atoms with Crippen molar-refractivity contribution >= 4 is 5.78 Å². The molecule has 0 saturated heterocycles. The lowest BCUT2D eigenvalue weighted by molar-refractivity contribution is 0.101. The molecule has 0 heterocycles. The van der Waals surface area contributed by atoms with Crippen LogP contribution in [0, 0.1) is 0 Å². The summed E-state index contributed by atoms with van der Waals surface area (Å²) in [4.78, 5) is 13.3. The van der Waals surface area contributed by atoms with Gasteiger partial charge in [0.2, 0.25) is 0 Å². The summed E-state index contributed by atoms with van der Waals surface area (Å²) in [5.74, 6) is 0.137. The Morgan fingerprint density at radius 1 is 1.20 bits per heavy atom. The van der Waals surface area contributed by atoms with Crippen LogP contribution in [0.15, 0.2) is 24.3 Å². The maximum Gasteiger partial charge on any atom is 0.160 e. The third-order valence-corrected chi connectivity index (χ3v) is 1.88. The van der Waals surface area contributed by atoms with E-state index in [1.165, 1.54) is 0 Å². The summed E-state index contributed by atoms with van der Waals surface area (Å²) < 4.78 is 0. The van der Waals surface area contributed by atoms with Gasteiger partial charge in [-0.05, 0) is 26.6 Å². The second-order valence-corrected chi connectivity index (χ2v) is 3.45. The van der Waals surface area contributed by atoms with Crippen molar-refractivity contribution in [3.05, 3.63) is 35.4 Å². The average molecular weight is 207 g/mol. The summed E-state index contributed by atoms with van der Waals surface area (Å²) in [6.45, 7) is 6.42. The molecule has 1 aromatic carbocycles. The van der Waals surface area contributed by atoms with E-state index >= 15 is 0 Å². The van der Waals surface area contributed by atoms with Crippen LogP contribution in [0.25, 0.3) is 0 Å². The van der Waals surface area contributed by atoms with Gasteiger partial charge in [-0.25, -0.2) is 0 Å². The van der Waals surface area contributed by atoms with Crippen LogP contribution < -0.4 is 0 Å². The van der Waals surface area contributed by atoms with Crippen molar-refractivity contribution in [1.82, 2.24) is 4.90 Å². The van der Waals surface area contributed by atoms with E-state index < -0.39 is 0 Å². The largest absolute Gasteiger partial charge is 0.305 e. The summed E-state index contributed by atoms with van der Waals surface area (Å²) in [5.41, 5.74) is 1.93. The summed E-state index contributed by atoms with van der Waals surface area (Å²) in [6.07, 6.45) is 0. The number of nitrogens with zero attached hydrogens (tertiary/aromatic N) is 1. The Morgan fingerprint density at radius 2 is 1.73 bits per heavy atom. The third-order valence-electron chi connectivity index (χ3n) is 1.88. The molecule has 0 aliphatic rings. The SMILES string of the molecule is CC.CC(=O)c1ccccc1CN(C)C. The number of hydrogen-bond donors (Lipinski definition) is 0. The zero-order valence-electron chi connectivity index (χ0n) is 10.4. The van der Waals surface area contributed by atoms with Gasteiger partial charge in [-0.3, -0.25) is 4.79 Å². The van der Waals surface area contributed by atoms with E-state index in [1.54, 1.807) is 6.92 Å². The topological polar surface area (TPSA) is 20.3 Å². The van der Waals surface area contributed by atoms with E-state index in [-0.39, 0.29) is 5.78 Å². The van der Waals surface area contributed by atoms with Gasteiger partial charge < -0.3 is 4.90 Å². The zero-order chi connectivity index (χ0) is 11.8. The standard InChI is InChI=1S/C11H15NO.C2H6/c1-9(13)11-7-5-4-6-10(11)8-12(2)3;1-2/h4-7H,8H2,1-3H3;1-2H3. The number of rotatable bonds is 3. The first kappa shape index (κ1) is 13.8. The molecule has 0 amide bonds. The predicted octanol–water partition coefficient (Wildman–Crippen LogP) is 2.98. The van der Waals surface area contributed by atoms with Crippen molar-refractivity contribution in [3.8, 4) is 0 Å². The van der Waals surface area contributed by atoms with Crippen LogP contribution >= 0.6 is 0 Å². The Bertz CT molecular complexity index is 305. The molecular formula is C13H21NO. The Morgan fingerprint density at radius 3 is 2.20 bits per heavy atom. The van der Waals surface area contributed by atoms with Gasteiger partial charge in [0.05, 0.1) is 0 Å². The number of benzene rings is 1. The molecule has 0 spiro atoms. The van der Waals surface area contributed by atoms with E-state index in [0.717, 1.165) is 17.7 Å². The number of ketones is 1. The lowest BCUT2D eigenvalue weighted by atomic mass is 10.0. The lowest BCUT2D eigenvalue weighted by Crippen LogP contribution is -2.13. The van der Waals surface area contributed by atoms with E-state index in [1.807, 2.05) is 52.2 Å². The zero-order valence-corrected chi connectivity index (χ0v) is 10.4. The fourth-order valence-corrected chi connectivity index (χ4v) is 1.34. The fourth-order valence-electron chi connectivity index (χ4n) is 1.34. The Balaban J connectivity index is 0.000000921. The molecule has 0 radical (unpaired) electrons. The van der Waals surface area contributed by atoms with Gasteiger partial charge in [-0.2, -0.15) is 0 Å². The molecule has 0 aliphatic carbocycles. The number of carbonyl (C=O) groups is 1. The molecule has 0 atom stereocenters. The van der Waals surface area contributed by atoms with Crippen LogP contribution in [0.2, 0.25) is 0 Å². The molecule has 0 N–H and O–H groups in total. The van der Waals surface area contributed by atoms with Crippen molar-refractivity contribution in [1.29, 1.82) is 0 Å². The minimum atomic E-state index is 0.137. The minimum absolute atomic E-state index is 0.137. The van der Waals surface area contributed by atoms with Crippen LogP contribution in [-0.4, -0.2) is 24.8 Å². The van der Waals surface area contributed by atoms with Gasteiger partial charge in [-0.15, -0.1) is 0 Å². The molecule has 1 rings (SSSR count). The molecule has 0 aliphatic heterocycles. The van der Waals surface area contributed by atoms with Crippen LogP contribution in [0.3, 0.4) is 0 Å². The summed E-state index contributed by atoms with van der Waals surface area (Å²) in [6, 6.07) is 7.74. The molecule has 2 nitrogen and oxygen atoms in total. The summed E-state index contributed by atoms with van der Waals surface area (Å²) in [5, 5.41) is 0. The molecule has 1 aromatic rings. The summed E-state index contributed by atoms with van der Waals surface area (Å²) in [7, 11) is 3.99. The number of Topliss-reactive ketones (excluding diaryl/α,β-unsaturated/α-hetero) is 1. The van der Waals surface area contributed by atoms with E-state index in [2.05, 4.69) is 4.90 Å². The predicted molar refractivity (Wildman–Crippen MR) is 65.2 cm³/mol. The first-order valence-electron chi connectivity index (χ1n) is 5.35. The number of hydrogen-bond acceptors (Lipinski definition) is 2. The molecule has 0 bridgehead atoms.